The van der Waals surface area contributed by atoms with Gasteiger partial charge in [0.25, 0.3) is 11.5 Å². The zero-order valence-electron chi connectivity index (χ0n) is 19.5. The molecule has 9 heteroatoms. The molecule has 2 aromatic heterocycles. The third-order valence-electron chi connectivity index (χ3n) is 5.34. The van der Waals surface area contributed by atoms with Crippen molar-refractivity contribution in [3.8, 4) is 23.4 Å². The number of amides is 1. The molecule has 0 aliphatic carbocycles. The molecule has 0 radical (unpaired) electrons. The van der Waals surface area contributed by atoms with Crippen LogP contribution in [0.3, 0.4) is 0 Å². The van der Waals surface area contributed by atoms with E-state index < -0.39 is 17.3 Å². The van der Waals surface area contributed by atoms with Gasteiger partial charge in [0.05, 0.1) is 7.11 Å². The number of hydrogen-bond donors (Lipinski definition) is 1. The Balaban J connectivity index is 1.71. The Morgan fingerprint density at radius 1 is 1.14 bits per heavy atom. The summed E-state index contributed by atoms with van der Waals surface area (Å²) in [6.45, 7) is 1.95. The molecule has 0 atom stereocenters. The highest BCUT2D eigenvalue weighted by molar-refractivity contribution is 6.01. The SMILES string of the molecule is COc1ccc(CNC(=O)C(C#N)=Cc2c(Oc3ccc(F)cc3)nc3c(C)cccn3c2=O)cc1. The van der Waals surface area contributed by atoms with Crippen molar-refractivity contribution >= 4 is 17.6 Å². The fourth-order valence-corrected chi connectivity index (χ4v) is 3.42. The fraction of sp³-hybridized carbons (Fsp3) is 0.111. The summed E-state index contributed by atoms with van der Waals surface area (Å²) in [5.74, 6) is -0.328. The number of aromatic nitrogens is 2. The lowest BCUT2D eigenvalue weighted by Gasteiger charge is -2.11. The lowest BCUT2D eigenvalue weighted by molar-refractivity contribution is -0.117. The van der Waals surface area contributed by atoms with Gasteiger partial charge in [0.15, 0.2) is 0 Å². The van der Waals surface area contributed by atoms with Crippen LogP contribution in [-0.4, -0.2) is 22.4 Å². The molecule has 0 unspecified atom stereocenters. The average Bonchev–Trinajstić information content (AvgIpc) is 2.89. The van der Waals surface area contributed by atoms with E-state index >= 15 is 0 Å². The van der Waals surface area contributed by atoms with Crippen LogP contribution in [0.2, 0.25) is 0 Å². The van der Waals surface area contributed by atoms with Crippen LogP contribution in [0.4, 0.5) is 4.39 Å². The van der Waals surface area contributed by atoms with Crippen molar-refractivity contribution in [3.05, 3.63) is 105 Å². The van der Waals surface area contributed by atoms with Crippen molar-refractivity contribution < 1.29 is 18.7 Å². The number of aryl methyl sites for hydroxylation is 1. The van der Waals surface area contributed by atoms with Gasteiger partial charge in [0.1, 0.15) is 40.2 Å². The van der Waals surface area contributed by atoms with Gasteiger partial charge in [0, 0.05) is 12.7 Å². The molecule has 2 heterocycles. The first-order valence-electron chi connectivity index (χ1n) is 10.9. The number of halogens is 1. The summed E-state index contributed by atoms with van der Waals surface area (Å²) in [6.07, 6.45) is 2.68. The fourth-order valence-electron chi connectivity index (χ4n) is 3.42. The number of nitrogens with one attached hydrogen (secondary N) is 1. The van der Waals surface area contributed by atoms with Gasteiger partial charge in [-0.15, -0.1) is 0 Å². The Morgan fingerprint density at radius 2 is 1.83 bits per heavy atom. The lowest BCUT2D eigenvalue weighted by atomic mass is 10.1. The predicted molar refractivity (Wildman–Crippen MR) is 131 cm³/mol. The first-order chi connectivity index (χ1) is 17.4. The second kappa shape index (κ2) is 10.5. The molecule has 1 amide bonds. The summed E-state index contributed by atoms with van der Waals surface area (Å²) >= 11 is 0. The van der Waals surface area contributed by atoms with Gasteiger partial charge in [-0.25, -0.2) is 4.39 Å². The molecule has 0 aliphatic heterocycles. The third kappa shape index (κ3) is 5.23. The number of nitriles is 1. The molecule has 0 bridgehead atoms. The summed E-state index contributed by atoms with van der Waals surface area (Å²) in [7, 11) is 1.56. The van der Waals surface area contributed by atoms with Crippen LogP contribution in [0.1, 0.15) is 16.7 Å². The largest absolute Gasteiger partial charge is 0.497 e. The maximum atomic E-state index is 13.3. The van der Waals surface area contributed by atoms with E-state index in [1.807, 2.05) is 6.07 Å². The normalized spacial score (nSPS) is 11.1. The van der Waals surface area contributed by atoms with Gasteiger partial charge in [0.2, 0.25) is 5.88 Å². The van der Waals surface area contributed by atoms with Gasteiger partial charge in [-0.2, -0.15) is 10.2 Å². The molecule has 0 spiro atoms. The van der Waals surface area contributed by atoms with Crippen molar-refractivity contribution in [2.45, 2.75) is 13.5 Å². The van der Waals surface area contributed by atoms with E-state index in [9.17, 15) is 19.2 Å². The smallest absolute Gasteiger partial charge is 0.269 e. The molecule has 180 valence electrons. The number of rotatable bonds is 7. The Labute approximate surface area is 205 Å². The molecule has 1 N–H and O–H groups in total. The molecule has 2 aromatic carbocycles. The van der Waals surface area contributed by atoms with E-state index in [1.54, 1.807) is 50.4 Å². The molecule has 4 aromatic rings. The van der Waals surface area contributed by atoms with Crippen LogP contribution in [0, 0.1) is 24.1 Å². The van der Waals surface area contributed by atoms with Gasteiger partial charge in [-0.1, -0.05) is 18.2 Å². The van der Waals surface area contributed by atoms with Crippen LogP contribution in [-0.2, 0) is 11.3 Å². The quantitative estimate of drug-likeness (QED) is 0.312. The Bertz CT molecular complexity index is 1550. The summed E-state index contributed by atoms with van der Waals surface area (Å²) in [6, 6.07) is 17.6. The number of carbonyl (C=O) groups is 1. The van der Waals surface area contributed by atoms with E-state index in [2.05, 4.69) is 10.3 Å². The van der Waals surface area contributed by atoms with Crippen LogP contribution < -0.4 is 20.3 Å². The number of benzene rings is 2. The number of methoxy groups -OCH3 is 1. The highest BCUT2D eigenvalue weighted by Crippen LogP contribution is 2.25. The third-order valence-corrected chi connectivity index (χ3v) is 5.34. The number of fused-ring (bicyclic) bond motifs is 1. The Kier molecular flexibility index (Phi) is 7.07. The Hall–Kier alpha value is -4.97. The van der Waals surface area contributed by atoms with E-state index in [4.69, 9.17) is 9.47 Å². The van der Waals surface area contributed by atoms with Crippen molar-refractivity contribution in [2.24, 2.45) is 0 Å². The second-order valence-corrected chi connectivity index (χ2v) is 7.78. The van der Waals surface area contributed by atoms with Gasteiger partial charge in [-0.3, -0.25) is 14.0 Å². The Morgan fingerprint density at radius 3 is 2.50 bits per heavy atom. The number of carbonyl (C=O) groups excluding carboxylic acids is 1. The molecular weight excluding hydrogens is 463 g/mol. The minimum absolute atomic E-state index is 0.0985. The molecule has 0 aliphatic rings. The van der Waals surface area contributed by atoms with E-state index in [1.165, 1.54) is 34.9 Å². The monoisotopic (exact) mass is 484 g/mol. The van der Waals surface area contributed by atoms with Crippen molar-refractivity contribution in [2.75, 3.05) is 7.11 Å². The summed E-state index contributed by atoms with van der Waals surface area (Å²) in [4.78, 5) is 30.6. The first-order valence-corrected chi connectivity index (χ1v) is 10.9. The molecule has 36 heavy (non-hydrogen) atoms. The van der Waals surface area contributed by atoms with Crippen LogP contribution in [0.15, 0.2) is 77.2 Å². The molecule has 8 nitrogen and oxygen atoms in total. The highest BCUT2D eigenvalue weighted by Gasteiger charge is 2.18. The maximum Gasteiger partial charge on any atom is 0.269 e. The van der Waals surface area contributed by atoms with Gasteiger partial charge >= 0.3 is 0 Å². The zero-order valence-corrected chi connectivity index (χ0v) is 19.5. The molecule has 0 saturated carbocycles. The minimum Gasteiger partial charge on any atom is -0.497 e. The number of hydrogen-bond acceptors (Lipinski definition) is 6. The average molecular weight is 484 g/mol. The minimum atomic E-state index is -0.671. The van der Waals surface area contributed by atoms with Crippen LogP contribution >= 0.6 is 0 Å². The van der Waals surface area contributed by atoms with E-state index in [0.717, 1.165) is 11.6 Å². The van der Waals surface area contributed by atoms with Crippen LogP contribution in [0.5, 0.6) is 17.4 Å². The molecule has 0 saturated heterocycles. The van der Waals surface area contributed by atoms with Crippen molar-refractivity contribution in [1.29, 1.82) is 5.26 Å². The van der Waals surface area contributed by atoms with E-state index in [0.29, 0.717) is 17.0 Å². The van der Waals surface area contributed by atoms with Crippen molar-refractivity contribution in [1.82, 2.24) is 14.7 Å². The maximum absolute atomic E-state index is 13.3. The van der Waals surface area contributed by atoms with Crippen molar-refractivity contribution in [3.63, 3.8) is 0 Å². The highest BCUT2D eigenvalue weighted by atomic mass is 19.1. The number of ether oxygens (including phenoxy) is 2. The predicted octanol–water partition coefficient (Wildman–Crippen LogP) is 4.17. The molecular formula is C27H21FN4O4. The first kappa shape index (κ1) is 24.2. The number of nitrogens with zero attached hydrogens (tertiary/aromatic N) is 3. The summed E-state index contributed by atoms with van der Waals surface area (Å²) in [5, 5.41) is 12.3. The van der Waals surface area contributed by atoms with Crippen LogP contribution in [0.25, 0.3) is 11.7 Å². The topological polar surface area (TPSA) is 106 Å². The molecule has 0 fully saturated rings. The number of pyridine rings is 1. The summed E-state index contributed by atoms with van der Waals surface area (Å²) < 4.78 is 25.6. The van der Waals surface area contributed by atoms with E-state index in [-0.39, 0.29) is 29.3 Å². The van der Waals surface area contributed by atoms with Gasteiger partial charge < -0.3 is 14.8 Å². The molecule has 4 rings (SSSR count). The summed E-state index contributed by atoms with van der Waals surface area (Å²) in [5.41, 5.74) is 0.921. The van der Waals surface area contributed by atoms with Gasteiger partial charge in [-0.05, 0) is 66.6 Å². The zero-order chi connectivity index (χ0) is 25.7. The standard InChI is InChI=1S/C27H21FN4O4/c1-17-4-3-13-32-24(17)31-26(36-22-11-7-20(28)8-12-22)23(27(32)34)14-19(15-29)25(33)30-16-18-5-9-21(35-2)10-6-18/h3-14H,16H2,1-2H3,(H,30,33). The second-order valence-electron chi connectivity index (χ2n) is 7.78. The lowest BCUT2D eigenvalue weighted by Crippen LogP contribution is -2.25.